The molecule has 1 aliphatic heterocycles. The van der Waals surface area contributed by atoms with E-state index in [1.54, 1.807) is 0 Å². The van der Waals surface area contributed by atoms with Crippen LogP contribution in [0.25, 0.3) is 0 Å². The number of benzene rings is 1. The highest BCUT2D eigenvalue weighted by Crippen LogP contribution is 2.19. The first kappa shape index (κ1) is 20.8. The van der Waals surface area contributed by atoms with Crippen LogP contribution in [-0.4, -0.2) is 52.9 Å². The third kappa shape index (κ3) is 5.53. The van der Waals surface area contributed by atoms with Gasteiger partial charge >= 0.3 is 0 Å². The number of hydrogen-bond donors (Lipinski definition) is 1. The van der Waals surface area contributed by atoms with Crippen LogP contribution in [0.1, 0.15) is 43.8 Å². The van der Waals surface area contributed by atoms with Gasteiger partial charge in [-0.25, -0.2) is 9.97 Å². The minimum Gasteiger partial charge on any atom is -0.353 e. The van der Waals surface area contributed by atoms with E-state index in [-0.39, 0.29) is 17.7 Å². The molecule has 7 heteroatoms. The summed E-state index contributed by atoms with van der Waals surface area (Å²) in [5.41, 5.74) is 2.66. The van der Waals surface area contributed by atoms with Gasteiger partial charge in [0.15, 0.2) is 0 Å². The summed E-state index contributed by atoms with van der Waals surface area (Å²) in [6.45, 7) is 10.6. The molecular weight excluding hydrogens is 366 g/mol. The highest BCUT2D eigenvalue weighted by molar-refractivity contribution is 5.88. The Hall–Kier alpha value is -2.96. The van der Waals surface area contributed by atoms with E-state index >= 15 is 0 Å². The Balaban J connectivity index is 1.56. The van der Waals surface area contributed by atoms with E-state index in [2.05, 4.69) is 29.0 Å². The topological polar surface area (TPSA) is 78.4 Å². The van der Waals surface area contributed by atoms with Gasteiger partial charge in [0.2, 0.25) is 11.8 Å². The standard InChI is InChI=1S/C22H29N5O2/c1-15(2)22-23-16(3)13-20(25-22)26-9-11-27(12-10-26)21(29)14-18-5-7-19(8-6-18)24-17(4)28/h5-8,13,15H,9-12,14H2,1-4H3,(H,24,28). The maximum atomic E-state index is 12.7. The molecule has 0 atom stereocenters. The van der Waals surface area contributed by atoms with Gasteiger partial charge in [0.25, 0.3) is 0 Å². The second-order valence-corrected chi connectivity index (χ2v) is 7.80. The fourth-order valence-electron chi connectivity index (χ4n) is 3.38. The Kier molecular flexibility index (Phi) is 6.46. The van der Waals surface area contributed by atoms with E-state index in [9.17, 15) is 9.59 Å². The second-order valence-electron chi connectivity index (χ2n) is 7.80. The van der Waals surface area contributed by atoms with E-state index in [1.165, 1.54) is 6.92 Å². The van der Waals surface area contributed by atoms with Gasteiger partial charge in [-0.2, -0.15) is 0 Å². The van der Waals surface area contributed by atoms with Crippen LogP contribution in [0, 0.1) is 6.92 Å². The molecule has 1 saturated heterocycles. The zero-order valence-corrected chi connectivity index (χ0v) is 17.6. The number of amides is 2. The van der Waals surface area contributed by atoms with Crippen LogP contribution in [-0.2, 0) is 16.0 Å². The predicted molar refractivity (Wildman–Crippen MR) is 114 cm³/mol. The summed E-state index contributed by atoms with van der Waals surface area (Å²) >= 11 is 0. The van der Waals surface area contributed by atoms with Crippen LogP contribution in [0.2, 0.25) is 0 Å². The number of carbonyl (C=O) groups is 2. The van der Waals surface area contributed by atoms with Crippen molar-refractivity contribution >= 4 is 23.3 Å². The average molecular weight is 396 g/mol. The fraction of sp³-hybridized carbons (Fsp3) is 0.455. The largest absolute Gasteiger partial charge is 0.353 e. The SMILES string of the molecule is CC(=O)Nc1ccc(CC(=O)N2CCN(c3cc(C)nc(C(C)C)n3)CC2)cc1. The Bertz CT molecular complexity index is 871. The Morgan fingerprint density at radius 1 is 1.07 bits per heavy atom. The number of aromatic nitrogens is 2. The minimum atomic E-state index is -0.105. The molecule has 3 rings (SSSR count). The number of nitrogens with one attached hydrogen (secondary N) is 1. The van der Waals surface area contributed by atoms with Crippen LogP contribution in [0.5, 0.6) is 0 Å². The molecule has 0 aliphatic carbocycles. The molecule has 0 unspecified atom stereocenters. The molecule has 1 aromatic carbocycles. The maximum Gasteiger partial charge on any atom is 0.227 e. The van der Waals surface area contributed by atoms with Crippen LogP contribution in [0.15, 0.2) is 30.3 Å². The molecule has 29 heavy (non-hydrogen) atoms. The Morgan fingerprint density at radius 3 is 2.31 bits per heavy atom. The van der Waals surface area contributed by atoms with Gasteiger partial charge < -0.3 is 15.1 Å². The molecule has 1 aliphatic rings. The number of rotatable bonds is 5. The maximum absolute atomic E-state index is 12.7. The summed E-state index contributed by atoms with van der Waals surface area (Å²) in [6, 6.07) is 9.43. The highest BCUT2D eigenvalue weighted by Gasteiger charge is 2.22. The molecule has 0 radical (unpaired) electrons. The third-order valence-electron chi connectivity index (χ3n) is 4.96. The molecule has 0 saturated carbocycles. The van der Waals surface area contributed by atoms with Crippen molar-refractivity contribution in [3.05, 3.63) is 47.4 Å². The number of piperazine rings is 1. The monoisotopic (exact) mass is 395 g/mol. The molecule has 2 heterocycles. The Morgan fingerprint density at radius 2 is 1.72 bits per heavy atom. The molecule has 1 N–H and O–H groups in total. The van der Waals surface area contributed by atoms with Crippen LogP contribution < -0.4 is 10.2 Å². The van der Waals surface area contributed by atoms with Crippen molar-refractivity contribution in [2.24, 2.45) is 0 Å². The van der Waals surface area contributed by atoms with E-state index in [0.29, 0.717) is 19.5 Å². The number of hydrogen-bond acceptors (Lipinski definition) is 5. The molecule has 2 amide bonds. The Labute approximate surface area is 172 Å². The smallest absolute Gasteiger partial charge is 0.227 e. The molecule has 1 aromatic heterocycles. The molecule has 0 spiro atoms. The quantitative estimate of drug-likeness (QED) is 0.842. The van der Waals surface area contributed by atoms with E-state index in [4.69, 9.17) is 4.98 Å². The summed E-state index contributed by atoms with van der Waals surface area (Å²) in [6.07, 6.45) is 0.366. The van der Waals surface area contributed by atoms with Gasteiger partial charge in [-0.15, -0.1) is 0 Å². The number of anilines is 2. The van der Waals surface area contributed by atoms with Crippen LogP contribution in [0.4, 0.5) is 11.5 Å². The van der Waals surface area contributed by atoms with Gasteiger partial charge in [0.1, 0.15) is 11.6 Å². The molecule has 2 aromatic rings. The molecule has 154 valence electrons. The molecular formula is C22H29N5O2. The van der Waals surface area contributed by atoms with Crippen molar-refractivity contribution in [2.75, 3.05) is 36.4 Å². The summed E-state index contributed by atoms with van der Waals surface area (Å²) < 4.78 is 0. The first-order chi connectivity index (χ1) is 13.8. The van der Waals surface area contributed by atoms with Crippen molar-refractivity contribution < 1.29 is 9.59 Å². The molecule has 0 bridgehead atoms. The van der Waals surface area contributed by atoms with Gasteiger partial charge in [-0.3, -0.25) is 9.59 Å². The number of nitrogens with zero attached hydrogens (tertiary/aromatic N) is 4. The van der Waals surface area contributed by atoms with E-state index in [1.807, 2.05) is 42.2 Å². The zero-order valence-electron chi connectivity index (χ0n) is 17.6. The average Bonchev–Trinajstić information content (AvgIpc) is 2.68. The second kappa shape index (κ2) is 9.03. The summed E-state index contributed by atoms with van der Waals surface area (Å²) in [7, 11) is 0. The summed E-state index contributed by atoms with van der Waals surface area (Å²) in [4.78, 5) is 37.1. The lowest BCUT2D eigenvalue weighted by Gasteiger charge is -2.35. The lowest BCUT2D eigenvalue weighted by Crippen LogP contribution is -2.49. The van der Waals surface area contributed by atoms with Gasteiger partial charge in [-0.05, 0) is 24.6 Å². The van der Waals surface area contributed by atoms with Crippen molar-refractivity contribution in [3.8, 4) is 0 Å². The van der Waals surface area contributed by atoms with E-state index in [0.717, 1.165) is 41.7 Å². The van der Waals surface area contributed by atoms with Crippen molar-refractivity contribution in [1.82, 2.24) is 14.9 Å². The van der Waals surface area contributed by atoms with Gasteiger partial charge in [-0.1, -0.05) is 26.0 Å². The van der Waals surface area contributed by atoms with Crippen molar-refractivity contribution in [3.63, 3.8) is 0 Å². The van der Waals surface area contributed by atoms with Crippen LogP contribution >= 0.6 is 0 Å². The molecule has 1 fully saturated rings. The predicted octanol–water partition coefficient (Wildman–Crippen LogP) is 2.76. The summed E-state index contributed by atoms with van der Waals surface area (Å²) in [5, 5.41) is 2.73. The van der Waals surface area contributed by atoms with Crippen molar-refractivity contribution in [2.45, 2.75) is 40.0 Å². The normalized spacial score (nSPS) is 14.2. The van der Waals surface area contributed by atoms with Gasteiger partial charge in [0, 0.05) is 56.5 Å². The first-order valence-electron chi connectivity index (χ1n) is 10.1. The zero-order chi connectivity index (χ0) is 21.0. The minimum absolute atomic E-state index is 0.105. The lowest BCUT2D eigenvalue weighted by molar-refractivity contribution is -0.130. The first-order valence-corrected chi connectivity index (χ1v) is 10.1. The lowest BCUT2D eigenvalue weighted by atomic mass is 10.1. The number of carbonyl (C=O) groups excluding carboxylic acids is 2. The van der Waals surface area contributed by atoms with Crippen molar-refractivity contribution in [1.29, 1.82) is 0 Å². The third-order valence-corrected chi connectivity index (χ3v) is 4.96. The van der Waals surface area contributed by atoms with Crippen LogP contribution in [0.3, 0.4) is 0 Å². The van der Waals surface area contributed by atoms with Gasteiger partial charge in [0.05, 0.1) is 6.42 Å². The highest BCUT2D eigenvalue weighted by atomic mass is 16.2. The fourth-order valence-corrected chi connectivity index (χ4v) is 3.38. The van der Waals surface area contributed by atoms with E-state index < -0.39 is 0 Å². The molecule has 7 nitrogen and oxygen atoms in total. The summed E-state index contributed by atoms with van der Waals surface area (Å²) in [5.74, 6) is 2.11. The number of aryl methyl sites for hydroxylation is 1.